The van der Waals surface area contributed by atoms with Crippen LogP contribution in [-0.4, -0.2) is 5.91 Å². The molecular weight excluding hydrogens is 310 g/mol. The maximum Gasteiger partial charge on any atom is 0.270 e. The lowest BCUT2D eigenvalue weighted by Gasteiger charge is -2.29. The van der Waals surface area contributed by atoms with Crippen molar-refractivity contribution in [1.29, 1.82) is 0 Å². The number of rotatable bonds is 1. The van der Waals surface area contributed by atoms with Gasteiger partial charge in [-0.1, -0.05) is 48.5 Å². The molecule has 0 saturated carbocycles. The third-order valence-electron chi connectivity index (χ3n) is 5.01. The molecule has 0 aromatic heterocycles. The Bertz CT molecular complexity index is 993. The van der Waals surface area contributed by atoms with Crippen molar-refractivity contribution in [3.05, 3.63) is 83.4 Å². The number of hydrogen-bond acceptors (Lipinski definition) is 2. The Morgan fingerprint density at radius 1 is 1.00 bits per heavy atom. The van der Waals surface area contributed by atoms with Crippen LogP contribution >= 0.6 is 0 Å². The van der Waals surface area contributed by atoms with Crippen LogP contribution in [0.25, 0.3) is 11.1 Å². The molecule has 0 saturated heterocycles. The Morgan fingerprint density at radius 2 is 1.88 bits per heavy atom. The average Bonchev–Trinajstić information content (AvgIpc) is 2.67. The molecule has 1 N–H and O–H groups in total. The van der Waals surface area contributed by atoms with Crippen LogP contribution in [0.3, 0.4) is 0 Å². The molecule has 1 atom stereocenters. The van der Waals surface area contributed by atoms with E-state index in [2.05, 4.69) is 41.7 Å². The SMILES string of the molecule is O=C1Nc2cc[c]cc2OC1c1cccc2c1CCc1ccccc1-2. The number of anilines is 1. The number of fused-ring (bicyclic) bond motifs is 4. The second-order valence-electron chi connectivity index (χ2n) is 6.44. The number of carbonyl (C=O) groups is 1. The van der Waals surface area contributed by atoms with Gasteiger partial charge in [-0.2, -0.15) is 0 Å². The monoisotopic (exact) mass is 326 g/mol. The number of carbonyl (C=O) groups excluding carboxylic acids is 1. The Labute approximate surface area is 146 Å². The van der Waals surface area contributed by atoms with E-state index in [0.29, 0.717) is 11.4 Å². The summed E-state index contributed by atoms with van der Waals surface area (Å²) in [7, 11) is 0. The average molecular weight is 326 g/mol. The van der Waals surface area contributed by atoms with Gasteiger partial charge >= 0.3 is 0 Å². The highest BCUT2D eigenvalue weighted by atomic mass is 16.5. The molecule has 25 heavy (non-hydrogen) atoms. The van der Waals surface area contributed by atoms with E-state index in [4.69, 9.17) is 4.74 Å². The molecule has 1 amide bonds. The van der Waals surface area contributed by atoms with Crippen LogP contribution in [0.4, 0.5) is 5.69 Å². The summed E-state index contributed by atoms with van der Waals surface area (Å²) in [5.74, 6) is 0.548. The molecule has 1 aliphatic heterocycles. The highest BCUT2D eigenvalue weighted by Gasteiger charge is 2.32. The molecule has 0 fully saturated rings. The minimum absolute atomic E-state index is 0.119. The number of ether oxygens (including phenoxy) is 1. The zero-order chi connectivity index (χ0) is 16.8. The van der Waals surface area contributed by atoms with E-state index in [9.17, 15) is 4.79 Å². The van der Waals surface area contributed by atoms with E-state index in [0.717, 1.165) is 18.4 Å². The summed E-state index contributed by atoms with van der Waals surface area (Å²) in [5.41, 5.74) is 6.71. The van der Waals surface area contributed by atoms with Crippen molar-refractivity contribution >= 4 is 11.6 Å². The largest absolute Gasteiger partial charge is 0.474 e. The summed E-state index contributed by atoms with van der Waals surface area (Å²) in [5, 5.41) is 2.95. The van der Waals surface area contributed by atoms with Crippen LogP contribution in [0.15, 0.2) is 60.7 Å². The van der Waals surface area contributed by atoms with Crippen molar-refractivity contribution in [2.45, 2.75) is 18.9 Å². The highest BCUT2D eigenvalue weighted by Crippen LogP contribution is 2.40. The first-order chi connectivity index (χ1) is 12.3. The summed E-state index contributed by atoms with van der Waals surface area (Å²) in [6.45, 7) is 0. The van der Waals surface area contributed by atoms with E-state index in [-0.39, 0.29) is 5.91 Å². The maximum absolute atomic E-state index is 12.6. The summed E-state index contributed by atoms with van der Waals surface area (Å²) in [6, 6.07) is 23.0. The van der Waals surface area contributed by atoms with Crippen LogP contribution < -0.4 is 10.1 Å². The van der Waals surface area contributed by atoms with E-state index < -0.39 is 6.10 Å². The van der Waals surface area contributed by atoms with Crippen LogP contribution in [-0.2, 0) is 17.6 Å². The van der Waals surface area contributed by atoms with Crippen LogP contribution in [0, 0.1) is 6.07 Å². The van der Waals surface area contributed by atoms with E-state index in [1.54, 1.807) is 18.2 Å². The van der Waals surface area contributed by atoms with Gasteiger partial charge in [0, 0.05) is 5.56 Å². The first-order valence-corrected chi connectivity index (χ1v) is 8.49. The molecule has 1 unspecified atom stereocenters. The first kappa shape index (κ1) is 14.3. The molecule has 2 aliphatic rings. The lowest BCUT2D eigenvalue weighted by Crippen LogP contribution is -2.31. The van der Waals surface area contributed by atoms with Gasteiger partial charge in [0.1, 0.15) is 5.75 Å². The minimum Gasteiger partial charge on any atom is -0.474 e. The van der Waals surface area contributed by atoms with E-state index in [1.165, 1.54) is 22.3 Å². The molecule has 1 aliphatic carbocycles. The van der Waals surface area contributed by atoms with Crippen molar-refractivity contribution in [3.63, 3.8) is 0 Å². The molecule has 3 aromatic rings. The summed E-state index contributed by atoms with van der Waals surface area (Å²) in [6.07, 6.45) is 1.28. The highest BCUT2D eigenvalue weighted by molar-refractivity contribution is 5.98. The normalized spacial score (nSPS) is 17.6. The molecule has 3 nitrogen and oxygen atoms in total. The molecule has 5 rings (SSSR count). The van der Waals surface area contributed by atoms with Crippen molar-refractivity contribution in [3.8, 4) is 16.9 Å². The van der Waals surface area contributed by atoms with Gasteiger partial charge in [-0.25, -0.2) is 0 Å². The Morgan fingerprint density at radius 3 is 2.84 bits per heavy atom. The fourth-order valence-corrected chi connectivity index (χ4v) is 3.84. The molecule has 1 radical (unpaired) electrons. The Hall–Kier alpha value is -3.07. The second-order valence-corrected chi connectivity index (χ2v) is 6.44. The Kier molecular flexibility index (Phi) is 3.14. The molecular formula is C22H16NO2. The smallest absolute Gasteiger partial charge is 0.270 e. The zero-order valence-corrected chi connectivity index (χ0v) is 13.6. The van der Waals surface area contributed by atoms with Gasteiger partial charge in [0.2, 0.25) is 6.10 Å². The lowest BCUT2D eigenvalue weighted by atomic mass is 9.82. The number of benzene rings is 3. The maximum atomic E-state index is 12.6. The Balaban J connectivity index is 1.62. The molecule has 0 bridgehead atoms. The number of amides is 1. The van der Waals surface area contributed by atoms with Crippen molar-refractivity contribution in [1.82, 2.24) is 0 Å². The molecule has 121 valence electrons. The standard InChI is InChI=1S/C22H16NO2/c24-22-21(25-20-11-4-3-10-19(20)23-22)18-9-5-8-16-15-7-2-1-6-14(15)12-13-17(16)18/h1-3,5-11,21H,12-13H2,(H,23,24). The summed E-state index contributed by atoms with van der Waals surface area (Å²) in [4.78, 5) is 12.6. The number of hydrogen-bond donors (Lipinski definition) is 1. The van der Waals surface area contributed by atoms with Gasteiger partial charge in [-0.3, -0.25) is 4.79 Å². The molecule has 1 heterocycles. The first-order valence-electron chi connectivity index (χ1n) is 8.49. The minimum atomic E-state index is -0.622. The number of aryl methyl sites for hydroxylation is 1. The van der Waals surface area contributed by atoms with Crippen LogP contribution in [0.2, 0.25) is 0 Å². The third kappa shape index (κ3) is 2.23. The fraction of sp³-hybridized carbons (Fsp3) is 0.136. The van der Waals surface area contributed by atoms with Gasteiger partial charge in [-0.15, -0.1) is 0 Å². The van der Waals surface area contributed by atoms with Gasteiger partial charge in [0.05, 0.1) is 5.69 Å². The van der Waals surface area contributed by atoms with Crippen LogP contribution in [0.5, 0.6) is 5.75 Å². The van der Waals surface area contributed by atoms with Gasteiger partial charge in [0.25, 0.3) is 5.91 Å². The quantitative estimate of drug-likeness (QED) is 0.723. The van der Waals surface area contributed by atoms with E-state index >= 15 is 0 Å². The molecule has 0 spiro atoms. The van der Waals surface area contributed by atoms with Gasteiger partial charge in [-0.05, 0) is 53.3 Å². The molecule has 3 aromatic carbocycles. The lowest BCUT2D eigenvalue weighted by molar-refractivity contribution is -0.123. The fourth-order valence-electron chi connectivity index (χ4n) is 3.84. The predicted octanol–water partition coefficient (Wildman–Crippen LogP) is 4.32. The van der Waals surface area contributed by atoms with Crippen molar-refractivity contribution in [2.75, 3.05) is 5.32 Å². The number of nitrogens with one attached hydrogen (secondary N) is 1. The van der Waals surface area contributed by atoms with E-state index in [1.807, 2.05) is 12.1 Å². The van der Waals surface area contributed by atoms with Crippen molar-refractivity contribution in [2.24, 2.45) is 0 Å². The summed E-state index contributed by atoms with van der Waals surface area (Å²) < 4.78 is 6.04. The second kappa shape index (κ2) is 5.49. The van der Waals surface area contributed by atoms with Crippen molar-refractivity contribution < 1.29 is 9.53 Å². The van der Waals surface area contributed by atoms with Gasteiger partial charge in [0.15, 0.2) is 0 Å². The third-order valence-corrected chi connectivity index (χ3v) is 5.01. The predicted molar refractivity (Wildman–Crippen MR) is 96.6 cm³/mol. The van der Waals surface area contributed by atoms with Gasteiger partial charge < -0.3 is 10.1 Å². The van der Waals surface area contributed by atoms with Crippen LogP contribution in [0.1, 0.15) is 22.8 Å². The summed E-state index contributed by atoms with van der Waals surface area (Å²) >= 11 is 0. The zero-order valence-electron chi connectivity index (χ0n) is 13.6. The topological polar surface area (TPSA) is 38.3 Å². The molecule has 3 heteroatoms.